The molecule has 16 heavy (non-hydrogen) atoms. The molecule has 0 fully saturated rings. The molecule has 0 unspecified atom stereocenters. The Labute approximate surface area is 98.3 Å². The van der Waals surface area contributed by atoms with Crippen molar-refractivity contribution in [3.05, 3.63) is 35.5 Å². The third-order valence-corrected chi connectivity index (χ3v) is 3.10. The van der Waals surface area contributed by atoms with E-state index in [0.717, 1.165) is 15.2 Å². The highest BCUT2D eigenvalue weighted by molar-refractivity contribution is 7.19. The topological polar surface area (TPSA) is 39.9 Å². The van der Waals surface area contributed by atoms with Crippen LogP contribution in [0.3, 0.4) is 0 Å². The van der Waals surface area contributed by atoms with E-state index >= 15 is 0 Å². The smallest absolute Gasteiger partial charge is 0.136 e. The van der Waals surface area contributed by atoms with Gasteiger partial charge in [0.2, 0.25) is 0 Å². The molecule has 80 valence electrons. The first-order chi connectivity index (χ1) is 7.70. The van der Waals surface area contributed by atoms with Gasteiger partial charge in [-0.3, -0.25) is 0 Å². The molecule has 1 aromatic carbocycles. The zero-order valence-corrected chi connectivity index (χ0v) is 9.95. The highest BCUT2D eigenvalue weighted by Crippen LogP contribution is 2.26. The van der Waals surface area contributed by atoms with Crippen molar-refractivity contribution in [2.24, 2.45) is 0 Å². The largest absolute Gasteiger partial charge is 0.382 e. The van der Waals surface area contributed by atoms with Crippen LogP contribution in [0.25, 0.3) is 15.8 Å². The summed E-state index contributed by atoms with van der Waals surface area (Å²) < 4.78 is 1.11. The third kappa shape index (κ3) is 2.05. The lowest BCUT2D eigenvalue weighted by atomic mass is 10.3. The van der Waals surface area contributed by atoms with Crippen molar-refractivity contribution in [1.29, 1.82) is 5.26 Å². The van der Waals surface area contributed by atoms with E-state index in [1.54, 1.807) is 17.5 Å². The predicted octanol–water partition coefficient (Wildman–Crippen LogP) is 2.72. The van der Waals surface area contributed by atoms with Crippen LogP contribution in [-0.2, 0) is 0 Å². The summed E-state index contributed by atoms with van der Waals surface area (Å²) in [6, 6.07) is 10.1. The number of fused-ring (bicyclic) bond motifs is 1. The SMILES string of the molecule is CN(C)C=C(C#N)c1nc2ccccc2s1. The van der Waals surface area contributed by atoms with Gasteiger partial charge in [-0.1, -0.05) is 12.1 Å². The summed E-state index contributed by atoms with van der Waals surface area (Å²) >= 11 is 1.54. The van der Waals surface area contributed by atoms with Crippen LogP contribution in [0.5, 0.6) is 0 Å². The number of nitrogens with zero attached hydrogens (tertiary/aromatic N) is 3. The van der Waals surface area contributed by atoms with Gasteiger partial charge in [0.15, 0.2) is 0 Å². The van der Waals surface area contributed by atoms with Gasteiger partial charge in [-0.25, -0.2) is 4.98 Å². The quantitative estimate of drug-likeness (QED) is 0.743. The number of aromatic nitrogens is 1. The van der Waals surface area contributed by atoms with E-state index < -0.39 is 0 Å². The van der Waals surface area contributed by atoms with Gasteiger partial charge in [0.1, 0.15) is 16.6 Å². The molecule has 0 aliphatic heterocycles. The van der Waals surface area contributed by atoms with Crippen LogP contribution >= 0.6 is 11.3 Å². The Balaban J connectivity index is 2.51. The lowest BCUT2D eigenvalue weighted by Gasteiger charge is -2.03. The van der Waals surface area contributed by atoms with Crippen LogP contribution in [0.2, 0.25) is 0 Å². The first-order valence-electron chi connectivity index (χ1n) is 4.85. The Hall–Kier alpha value is -1.86. The van der Waals surface area contributed by atoms with E-state index in [1.165, 1.54) is 0 Å². The lowest BCUT2D eigenvalue weighted by molar-refractivity contribution is 0.566. The lowest BCUT2D eigenvalue weighted by Crippen LogP contribution is -2.01. The monoisotopic (exact) mass is 229 g/mol. The van der Waals surface area contributed by atoms with Gasteiger partial charge < -0.3 is 4.90 Å². The fraction of sp³-hybridized carbons (Fsp3) is 0.167. The highest BCUT2D eigenvalue weighted by atomic mass is 32.1. The molecule has 0 bridgehead atoms. The molecule has 0 saturated heterocycles. The Bertz CT molecular complexity index is 542. The zero-order valence-electron chi connectivity index (χ0n) is 9.14. The average molecular weight is 229 g/mol. The molecule has 3 nitrogen and oxygen atoms in total. The van der Waals surface area contributed by atoms with Gasteiger partial charge in [0.05, 0.1) is 10.2 Å². The molecule has 2 aromatic rings. The van der Waals surface area contributed by atoms with Crippen LogP contribution in [0.15, 0.2) is 30.5 Å². The summed E-state index contributed by atoms with van der Waals surface area (Å²) in [5.41, 5.74) is 1.55. The van der Waals surface area contributed by atoms with Crippen molar-refractivity contribution in [2.75, 3.05) is 14.1 Å². The Kier molecular flexibility index (Phi) is 2.88. The molecule has 1 heterocycles. The predicted molar refractivity (Wildman–Crippen MR) is 66.9 cm³/mol. The maximum Gasteiger partial charge on any atom is 0.136 e. The fourth-order valence-corrected chi connectivity index (χ4v) is 2.30. The van der Waals surface area contributed by atoms with Gasteiger partial charge in [0.25, 0.3) is 0 Å². The molecule has 0 radical (unpaired) electrons. The summed E-state index contributed by atoms with van der Waals surface area (Å²) in [6.07, 6.45) is 1.79. The summed E-state index contributed by atoms with van der Waals surface area (Å²) in [5, 5.41) is 9.85. The number of hydrogen-bond acceptors (Lipinski definition) is 4. The molecule has 2 rings (SSSR count). The van der Waals surface area contributed by atoms with Crippen molar-refractivity contribution < 1.29 is 0 Å². The second-order valence-corrected chi connectivity index (χ2v) is 4.64. The highest BCUT2D eigenvalue weighted by Gasteiger charge is 2.08. The third-order valence-electron chi connectivity index (χ3n) is 2.03. The maximum absolute atomic E-state index is 9.08. The molecule has 4 heteroatoms. The van der Waals surface area contributed by atoms with Crippen molar-refractivity contribution in [2.45, 2.75) is 0 Å². The van der Waals surface area contributed by atoms with Gasteiger partial charge in [-0.05, 0) is 12.1 Å². The van der Waals surface area contributed by atoms with Gasteiger partial charge in [-0.2, -0.15) is 5.26 Å². The van der Waals surface area contributed by atoms with E-state index in [2.05, 4.69) is 11.1 Å². The van der Waals surface area contributed by atoms with Gasteiger partial charge >= 0.3 is 0 Å². The number of thiazole rings is 1. The normalized spacial score (nSPS) is 11.4. The van der Waals surface area contributed by atoms with E-state index in [-0.39, 0.29) is 0 Å². The van der Waals surface area contributed by atoms with E-state index in [0.29, 0.717) is 5.57 Å². The first-order valence-corrected chi connectivity index (χ1v) is 5.66. The first kappa shape index (κ1) is 10.7. The van der Waals surface area contributed by atoms with Crippen LogP contribution < -0.4 is 0 Å². The molecular weight excluding hydrogens is 218 g/mol. The number of para-hydroxylation sites is 1. The Morgan fingerprint density at radius 1 is 1.44 bits per heavy atom. The molecule has 1 aromatic heterocycles. The number of hydrogen-bond donors (Lipinski definition) is 0. The minimum atomic E-state index is 0.603. The van der Waals surface area contributed by atoms with Crippen molar-refractivity contribution in [3.8, 4) is 6.07 Å². The molecule has 0 spiro atoms. The summed E-state index contributed by atoms with van der Waals surface area (Å²) in [7, 11) is 3.79. The average Bonchev–Trinajstić information content (AvgIpc) is 2.68. The number of rotatable bonds is 2. The summed E-state index contributed by atoms with van der Waals surface area (Å²) in [4.78, 5) is 6.29. The fourth-order valence-electron chi connectivity index (χ4n) is 1.38. The number of nitriles is 1. The van der Waals surface area contributed by atoms with Crippen molar-refractivity contribution in [1.82, 2.24) is 9.88 Å². The number of allylic oxidation sites excluding steroid dienone is 1. The molecule has 0 aliphatic rings. The number of benzene rings is 1. The standard InChI is InChI=1S/C12H11N3S/c1-15(2)8-9(7-13)12-14-10-5-3-4-6-11(10)16-12/h3-6,8H,1-2H3. The Morgan fingerprint density at radius 3 is 2.81 bits per heavy atom. The minimum absolute atomic E-state index is 0.603. The van der Waals surface area contributed by atoms with Crippen LogP contribution in [0.1, 0.15) is 5.01 Å². The van der Waals surface area contributed by atoms with E-state index in [1.807, 2.05) is 43.3 Å². The second kappa shape index (κ2) is 4.33. The van der Waals surface area contributed by atoms with Gasteiger partial charge in [0, 0.05) is 20.3 Å². The van der Waals surface area contributed by atoms with E-state index in [4.69, 9.17) is 5.26 Å². The molecule has 0 atom stereocenters. The molecule has 0 aliphatic carbocycles. The van der Waals surface area contributed by atoms with Crippen molar-refractivity contribution >= 4 is 27.1 Å². The van der Waals surface area contributed by atoms with Crippen molar-refractivity contribution in [3.63, 3.8) is 0 Å². The Morgan fingerprint density at radius 2 is 2.19 bits per heavy atom. The van der Waals surface area contributed by atoms with Gasteiger partial charge in [-0.15, -0.1) is 11.3 Å². The minimum Gasteiger partial charge on any atom is -0.382 e. The molecular formula is C12H11N3S. The molecule has 0 amide bonds. The second-order valence-electron chi connectivity index (χ2n) is 3.60. The zero-order chi connectivity index (χ0) is 11.5. The maximum atomic E-state index is 9.08. The summed E-state index contributed by atoms with van der Waals surface area (Å²) in [5.74, 6) is 0. The van der Waals surface area contributed by atoms with E-state index in [9.17, 15) is 0 Å². The molecule has 0 saturated carbocycles. The molecule has 0 N–H and O–H groups in total. The van der Waals surface area contributed by atoms with Crippen LogP contribution in [-0.4, -0.2) is 24.0 Å². The van der Waals surface area contributed by atoms with Crippen LogP contribution in [0.4, 0.5) is 0 Å². The van der Waals surface area contributed by atoms with Crippen LogP contribution in [0, 0.1) is 11.3 Å². The summed E-state index contributed by atoms with van der Waals surface area (Å²) in [6.45, 7) is 0.